The van der Waals surface area contributed by atoms with E-state index in [2.05, 4.69) is 5.32 Å². The minimum absolute atomic E-state index is 0.0679. The molecule has 0 saturated carbocycles. The highest BCUT2D eigenvalue weighted by Crippen LogP contribution is 2.25. The molecule has 0 aliphatic rings. The molecule has 5 heteroatoms. The molecule has 0 aromatic heterocycles. The minimum atomic E-state index is -2.46. The molecule has 4 aromatic carbocycles. The average molecular weight is 451 g/mol. The second-order valence-corrected chi connectivity index (χ2v) is 7.58. The molecule has 5 nitrogen and oxygen atoms in total. The summed E-state index contributed by atoms with van der Waals surface area (Å²) in [6, 6.07) is 22.3. The number of benzene rings is 4. The van der Waals surface area contributed by atoms with Gasteiger partial charge >= 0.3 is 0 Å². The number of amides is 1. The van der Waals surface area contributed by atoms with Gasteiger partial charge in [-0.25, -0.2) is 0 Å². The van der Waals surface area contributed by atoms with Crippen LogP contribution >= 0.6 is 0 Å². The maximum absolute atomic E-state index is 10.9. The van der Waals surface area contributed by atoms with E-state index in [0.717, 1.165) is 39.1 Å². The SMILES string of the molecule is [2H]C([2H])([2H])Oc1ccc2cccc(CCN)c2c1.[2H]C([2H])([2H])Oc1ccc2cccc(CCNC(C)=O)c2c1. The first-order chi connectivity index (χ1) is 18.3. The lowest BCUT2D eigenvalue weighted by atomic mass is 10.0. The molecule has 33 heavy (non-hydrogen) atoms. The number of carbonyl (C=O) groups is 1. The van der Waals surface area contributed by atoms with E-state index >= 15 is 0 Å². The summed E-state index contributed by atoms with van der Waals surface area (Å²) in [5.41, 5.74) is 7.71. The number of rotatable bonds is 7. The van der Waals surface area contributed by atoms with E-state index in [1.165, 1.54) is 6.92 Å². The van der Waals surface area contributed by atoms with Crippen molar-refractivity contribution < 1.29 is 22.5 Å². The molecule has 4 aromatic rings. The molecule has 0 unspecified atom stereocenters. The fourth-order valence-electron chi connectivity index (χ4n) is 3.72. The molecule has 0 spiro atoms. The Kier molecular flexibility index (Phi) is 6.11. The third-order valence-corrected chi connectivity index (χ3v) is 5.31. The summed E-state index contributed by atoms with van der Waals surface area (Å²) < 4.78 is 52.6. The number of nitrogens with two attached hydrogens (primary N) is 1. The fourth-order valence-corrected chi connectivity index (χ4v) is 3.72. The van der Waals surface area contributed by atoms with E-state index in [4.69, 9.17) is 23.4 Å². The van der Waals surface area contributed by atoms with Crippen LogP contribution in [0.25, 0.3) is 21.5 Å². The Morgan fingerprint density at radius 3 is 1.88 bits per heavy atom. The van der Waals surface area contributed by atoms with Crippen LogP contribution in [0.2, 0.25) is 0 Å². The van der Waals surface area contributed by atoms with Gasteiger partial charge in [-0.3, -0.25) is 4.79 Å². The molecular formula is C28H32N2O3. The molecule has 1 amide bonds. The molecular weight excluding hydrogens is 412 g/mol. The first-order valence-corrected chi connectivity index (χ1v) is 10.7. The molecule has 0 aliphatic heterocycles. The molecule has 0 radical (unpaired) electrons. The predicted octanol–water partition coefficient (Wildman–Crippen LogP) is 4.88. The van der Waals surface area contributed by atoms with Crippen molar-refractivity contribution in [1.82, 2.24) is 5.32 Å². The first kappa shape index (κ1) is 17.0. The van der Waals surface area contributed by atoms with Crippen molar-refractivity contribution in [3.63, 3.8) is 0 Å². The number of methoxy groups -OCH3 is 2. The van der Waals surface area contributed by atoms with E-state index in [-0.39, 0.29) is 5.91 Å². The van der Waals surface area contributed by atoms with Gasteiger partial charge in [-0.05, 0) is 76.3 Å². The summed E-state index contributed by atoms with van der Waals surface area (Å²) in [4.78, 5) is 10.9. The van der Waals surface area contributed by atoms with Crippen LogP contribution in [0.15, 0.2) is 72.8 Å². The van der Waals surface area contributed by atoms with Crippen LogP contribution in [0, 0.1) is 0 Å². The van der Waals surface area contributed by atoms with Gasteiger partial charge in [0.15, 0.2) is 0 Å². The monoisotopic (exact) mass is 450 g/mol. The lowest BCUT2D eigenvalue weighted by Gasteiger charge is -2.08. The number of hydrogen-bond donors (Lipinski definition) is 2. The predicted molar refractivity (Wildman–Crippen MR) is 136 cm³/mol. The second kappa shape index (κ2) is 11.9. The summed E-state index contributed by atoms with van der Waals surface area (Å²) in [5.74, 6) is 0.600. The van der Waals surface area contributed by atoms with Gasteiger partial charge in [-0.1, -0.05) is 48.5 Å². The van der Waals surface area contributed by atoms with Gasteiger partial charge in [0.25, 0.3) is 0 Å². The Balaban J connectivity index is 0.000000218. The average Bonchev–Trinajstić information content (AvgIpc) is 2.83. The van der Waals surface area contributed by atoms with Crippen LogP contribution in [-0.4, -0.2) is 33.1 Å². The van der Waals surface area contributed by atoms with Crippen LogP contribution in [-0.2, 0) is 17.6 Å². The summed E-state index contributed by atoms with van der Waals surface area (Å²) >= 11 is 0. The van der Waals surface area contributed by atoms with E-state index in [1.54, 1.807) is 24.3 Å². The Morgan fingerprint density at radius 1 is 0.848 bits per heavy atom. The molecule has 0 saturated heterocycles. The molecule has 4 rings (SSSR count). The van der Waals surface area contributed by atoms with Gasteiger partial charge in [-0.15, -0.1) is 0 Å². The zero-order valence-electron chi connectivity index (χ0n) is 24.6. The van der Waals surface area contributed by atoms with E-state index < -0.39 is 14.1 Å². The highest BCUT2D eigenvalue weighted by atomic mass is 16.5. The van der Waals surface area contributed by atoms with Crippen LogP contribution in [0.3, 0.4) is 0 Å². The quantitative estimate of drug-likeness (QED) is 0.421. The number of ether oxygens (including phenoxy) is 2. The standard InChI is InChI=1S/C15H17NO2.C13H15NO/c1-11(17)16-9-8-13-5-3-4-12-6-7-14(18-2)10-15(12)13;1-15-12-6-5-10-3-2-4-11(7-8-14)13(10)9-12/h3-7,10H,8-9H2,1-2H3,(H,16,17);2-6,9H,7-8,14H2,1H3/i2D3;1D3. The van der Waals surface area contributed by atoms with Gasteiger partial charge in [0.2, 0.25) is 5.91 Å². The largest absolute Gasteiger partial charge is 0.497 e. The lowest BCUT2D eigenvalue weighted by molar-refractivity contribution is -0.118. The molecule has 0 heterocycles. The molecule has 0 atom stereocenters. The molecule has 0 fully saturated rings. The first-order valence-electron chi connectivity index (χ1n) is 13.7. The van der Waals surface area contributed by atoms with Gasteiger partial charge in [0.1, 0.15) is 11.5 Å². The van der Waals surface area contributed by atoms with Gasteiger partial charge in [-0.2, -0.15) is 0 Å². The maximum atomic E-state index is 10.9. The summed E-state index contributed by atoms with van der Waals surface area (Å²) in [6.45, 7) is 2.58. The zero-order chi connectivity index (χ0) is 28.6. The summed E-state index contributed by atoms with van der Waals surface area (Å²) in [6.07, 6.45) is 1.43. The Labute approximate surface area is 203 Å². The normalized spacial score (nSPS) is 13.9. The van der Waals surface area contributed by atoms with Crippen LogP contribution in [0.5, 0.6) is 11.5 Å². The number of carbonyl (C=O) groups excluding carboxylic acids is 1. The maximum Gasteiger partial charge on any atom is 0.216 e. The van der Waals surface area contributed by atoms with Crippen molar-refractivity contribution in [1.29, 1.82) is 0 Å². The van der Waals surface area contributed by atoms with Crippen molar-refractivity contribution in [2.24, 2.45) is 5.73 Å². The summed E-state index contributed by atoms with van der Waals surface area (Å²) in [5, 5.41) is 6.74. The smallest absolute Gasteiger partial charge is 0.216 e. The number of fused-ring (bicyclic) bond motifs is 2. The van der Waals surface area contributed by atoms with Gasteiger partial charge in [0.05, 0.1) is 22.3 Å². The molecule has 3 N–H and O–H groups in total. The lowest BCUT2D eigenvalue weighted by Crippen LogP contribution is -2.22. The second-order valence-electron chi connectivity index (χ2n) is 7.58. The minimum Gasteiger partial charge on any atom is -0.497 e. The highest BCUT2D eigenvalue weighted by molar-refractivity contribution is 5.88. The van der Waals surface area contributed by atoms with E-state index in [0.29, 0.717) is 31.0 Å². The van der Waals surface area contributed by atoms with Gasteiger partial charge in [0, 0.05) is 13.5 Å². The Bertz CT molecular complexity index is 1420. The molecule has 0 aliphatic carbocycles. The zero-order valence-corrected chi connectivity index (χ0v) is 18.6. The van der Waals surface area contributed by atoms with Crippen LogP contribution < -0.4 is 20.5 Å². The molecule has 0 bridgehead atoms. The number of nitrogens with one attached hydrogen (secondary N) is 1. The number of hydrogen-bond acceptors (Lipinski definition) is 4. The Morgan fingerprint density at radius 2 is 1.39 bits per heavy atom. The third-order valence-electron chi connectivity index (χ3n) is 5.31. The fraction of sp³-hybridized carbons (Fsp3) is 0.250. The van der Waals surface area contributed by atoms with Crippen LogP contribution in [0.1, 0.15) is 26.3 Å². The third kappa shape index (κ3) is 6.46. The van der Waals surface area contributed by atoms with E-state index in [9.17, 15) is 4.79 Å². The van der Waals surface area contributed by atoms with Crippen molar-refractivity contribution in [2.75, 3.05) is 27.2 Å². The van der Waals surface area contributed by atoms with E-state index in [1.807, 2.05) is 48.5 Å². The highest BCUT2D eigenvalue weighted by Gasteiger charge is 2.03. The molecule has 172 valence electrons. The van der Waals surface area contributed by atoms with Crippen molar-refractivity contribution in [3.05, 3.63) is 83.9 Å². The van der Waals surface area contributed by atoms with Crippen molar-refractivity contribution in [2.45, 2.75) is 19.8 Å². The van der Waals surface area contributed by atoms with Gasteiger partial charge < -0.3 is 20.5 Å². The van der Waals surface area contributed by atoms with Crippen molar-refractivity contribution in [3.8, 4) is 11.5 Å². The Hall–Kier alpha value is -3.57. The van der Waals surface area contributed by atoms with Crippen LogP contribution in [0.4, 0.5) is 0 Å². The van der Waals surface area contributed by atoms with Crippen molar-refractivity contribution >= 4 is 27.5 Å². The summed E-state index contributed by atoms with van der Waals surface area (Å²) in [7, 11) is -4.88. The topological polar surface area (TPSA) is 73.6 Å².